The molecule has 2 aromatic heterocycles. The predicted octanol–water partition coefficient (Wildman–Crippen LogP) is 4.38. The monoisotopic (exact) mass is 261 g/mol. The molecule has 0 saturated carbocycles. The minimum atomic E-state index is 0.413. The summed E-state index contributed by atoms with van der Waals surface area (Å²) >= 11 is 1.84. The first-order valence-electron chi connectivity index (χ1n) is 6.62. The van der Waals surface area contributed by atoms with Crippen molar-refractivity contribution in [3.05, 3.63) is 45.5 Å². The quantitative estimate of drug-likeness (QED) is 0.887. The van der Waals surface area contributed by atoms with Crippen LogP contribution in [0.25, 0.3) is 0 Å². The molecule has 0 spiro atoms. The zero-order valence-electron chi connectivity index (χ0n) is 10.9. The average Bonchev–Trinajstić information content (AvgIpc) is 2.97. The topological polar surface area (TPSA) is 25.2 Å². The summed E-state index contributed by atoms with van der Waals surface area (Å²) in [4.78, 5) is 1.45. The molecule has 2 aromatic rings. The molecule has 0 fully saturated rings. The van der Waals surface area contributed by atoms with Crippen molar-refractivity contribution in [3.8, 4) is 0 Å². The van der Waals surface area contributed by atoms with E-state index in [9.17, 15) is 0 Å². The molecule has 3 rings (SSSR count). The molecule has 3 heteroatoms. The third kappa shape index (κ3) is 2.13. The highest BCUT2D eigenvalue weighted by Gasteiger charge is 2.24. The van der Waals surface area contributed by atoms with Crippen LogP contribution >= 0.6 is 11.3 Å². The van der Waals surface area contributed by atoms with Crippen LogP contribution in [-0.4, -0.2) is 0 Å². The number of fused-ring (bicyclic) bond motifs is 1. The van der Waals surface area contributed by atoms with E-state index in [1.807, 2.05) is 17.6 Å². The Hall–Kier alpha value is -1.06. The van der Waals surface area contributed by atoms with Gasteiger partial charge < -0.3 is 9.73 Å². The van der Waals surface area contributed by atoms with Crippen LogP contribution in [0, 0.1) is 6.92 Å². The molecule has 0 aromatic carbocycles. The van der Waals surface area contributed by atoms with Crippen LogP contribution in [0.1, 0.15) is 53.6 Å². The van der Waals surface area contributed by atoms with Gasteiger partial charge in [-0.05, 0) is 49.8 Å². The number of nitrogens with one attached hydrogen (secondary N) is 1. The lowest BCUT2D eigenvalue weighted by molar-refractivity contribution is 0.387. The molecule has 0 saturated heterocycles. The highest BCUT2D eigenvalue weighted by Crippen LogP contribution is 2.33. The van der Waals surface area contributed by atoms with E-state index >= 15 is 0 Å². The molecule has 0 amide bonds. The standard InChI is InChI=1S/C15H19NOS/c1-10-7-9-18-15(10)11(2)16-13-4-3-5-14-12(13)6-8-17-14/h6-9,11,13,16H,3-5H2,1-2H3. The molecule has 2 unspecified atom stereocenters. The lowest BCUT2D eigenvalue weighted by Gasteiger charge is -2.26. The van der Waals surface area contributed by atoms with Crippen molar-refractivity contribution < 1.29 is 4.42 Å². The van der Waals surface area contributed by atoms with Crippen molar-refractivity contribution in [2.24, 2.45) is 0 Å². The molecule has 1 N–H and O–H groups in total. The third-order valence-electron chi connectivity index (χ3n) is 3.80. The summed E-state index contributed by atoms with van der Waals surface area (Å²) in [7, 11) is 0. The van der Waals surface area contributed by atoms with Gasteiger partial charge in [-0.3, -0.25) is 0 Å². The van der Waals surface area contributed by atoms with Crippen molar-refractivity contribution >= 4 is 11.3 Å². The lowest BCUT2D eigenvalue weighted by Crippen LogP contribution is -2.27. The molecule has 0 aliphatic heterocycles. The molecule has 18 heavy (non-hydrogen) atoms. The summed E-state index contributed by atoms with van der Waals surface area (Å²) in [6.45, 7) is 4.45. The number of hydrogen-bond acceptors (Lipinski definition) is 3. The Morgan fingerprint density at radius 3 is 3.11 bits per heavy atom. The second-order valence-electron chi connectivity index (χ2n) is 5.10. The van der Waals surface area contributed by atoms with Gasteiger partial charge in [0.1, 0.15) is 5.76 Å². The van der Waals surface area contributed by atoms with Gasteiger partial charge in [0.05, 0.1) is 6.26 Å². The molecule has 2 nitrogen and oxygen atoms in total. The van der Waals surface area contributed by atoms with Gasteiger partial charge in [-0.25, -0.2) is 0 Å². The van der Waals surface area contributed by atoms with Crippen LogP contribution in [0.5, 0.6) is 0 Å². The maximum absolute atomic E-state index is 5.54. The van der Waals surface area contributed by atoms with E-state index in [1.165, 1.54) is 34.6 Å². The number of furan rings is 1. The Morgan fingerprint density at radius 2 is 2.33 bits per heavy atom. The van der Waals surface area contributed by atoms with Gasteiger partial charge in [-0.15, -0.1) is 11.3 Å². The van der Waals surface area contributed by atoms with Crippen LogP contribution in [0.3, 0.4) is 0 Å². The Balaban J connectivity index is 1.77. The molecular weight excluding hydrogens is 242 g/mol. The first-order chi connectivity index (χ1) is 8.75. The fourth-order valence-corrected chi connectivity index (χ4v) is 3.81. The summed E-state index contributed by atoms with van der Waals surface area (Å²) in [5.74, 6) is 1.17. The number of aryl methyl sites for hydroxylation is 2. The minimum Gasteiger partial charge on any atom is -0.469 e. The van der Waals surface area contributed by atoms with Gasteiger partial charge in [0.15, 0.2) is 0 Å². The van der Waals surface area contributed by atoms with E-state index in [0.717, 1.165) is 6.42 Å². The zero-order valence-corrected chi connectivity index (χ0v) is 11.7. The van der Waals surface area contributed by atoms with E-state index in [0.29, 0.717) is 12.1 Å². The van der Waals surface area contributed by atoms with Gasteiger partial charge in [0, 0.05) is 28.9 Å². The molecule has 2 atom stereocenters. The SMILES string of the molecule is Cc1ccsc1C(C)NC1CCCc2occc21. The second kappa shape index (κ2) is 4.90. The molecule has 0 bridgehead atoms. The van der Waals surface area contributed by atoms with E-state index in [2.05, 4.69) is 36.7 Å². The Morgan fingerprint density at radius 1 is 1.44 bits per heavy atom. The normalized spacial score (nSPS) is 20.7. The van der Waals surface area contributed by atoms with Crippen LogP contribution in [0.2, 0.25) is 0 Å². The third-order valence-corrected chi connectivity index (χ3v) is 5.00. The van der Waals surface area contributed by atoms with E-state index in [1.54, 1.807) is 0 Å². The smallest absolute Gasteiger partial charge is 0.108 e. The summed E-state index contributed by atoms with van der Waals surface area (Å²) in [6, 6.07) is 5.18. The van der Waals surface area contributed by atoms with Crippen LogP contribution < -0.4 is 5.32 Å². The van der Waals surface area contributed by atoms with E-state index in [-0.39, 0.29) is 0 Å². The van der Waals surface area contributed by atoms with Crippen LogP contribution in [-0.2, 0) is 6.42 Å². The Bertz CT molecular complexity index is 528. The lowest BCUT2D eigenvalue weighted by atomic mass is 9.93. The molecule has 2 heterocycles. The van der Waals surface area contributed by atoms with Crippen molar-refractivity contribution in [1.82, 2.24) is 5.32 Å². The molecule has 1 aliphatic carbocycles. The summed E-state index contributed by atoms with van der Waals surface area (Å²) in [6.07, 6.45) is 5.34. The predicted molar refractivity (Wildman–Crippen MR) is 75.0 cm³/mol. The number of thiophene rings is 1. The number of rotatable bonds is 3. The van der Waals surface area contributed by atoms with Crippen molar-refractivity contribution in [1.29, 1.82) is 0 Å². The highest BCUT2D eigenvalue weighted by molar-refractivity contribution is 7.10. The van der Waals surface area contributed by atoms with Gasteiger partial charge >= 0.3 is 0 Å². The fraction of sp³-hybridized carbons (Fsp3) is 0.467. The second-order valence-corrected chi connectivity index (χ2v) is 6.05. The Kier molecular flexibility index (Phi) is 3.27. The number of hydrogen-bond donors (Lipinski definition) is 1. The van der Waals surface area contributed by atoms with Gasteiger partial charge in [0.25, 0.3) is 0 Å². The van der Waals surface area contributed by atoms with Crippen LogP contribution in [0.15, 0.2) is 28.2 Å². The molecule has 1 aliphatic rings. The largest absolute Gasteiger partial charge is 0.469 e. The Labute approximate surface area is 112 Å². The molecular formula is C15H19NOS. The molecule has 96 valence electrons. The summed E-state index contributed by atoms with van der Waals surface area (Å²) < 4.78 is 5.54. The summed E-state index contributed by atoms with van der Waals surface area (Å²) in [5, 5.41) is 5.93. The van der Waals surface area contributed by atoms with Crippen molar-refractivity contribution in [2.45, 2.75) is 45.2 Å². The summed E-state index contributed by atoms with van der Waals surface area (Å²) in [5.41, 5.74) is 2.76. The maximum Gasteiger partial charge on any atom is 0.108 e. The fourth-order valence-electron chi connectivity index (χ4n) is 2.87. The minimum absolute atomic E-state index is 0.413. The maximum atomic E-state index is 5.54. The zero-order chi connectivity index (χ0) is 12.5. The van der Waals surface area contributed by atoms with Crippen molar-refractivity contribution in [2.75, 3.05) is 0 Å². The molecule has 0 radical (unpaired) electrons. The van der Waals surface area contributed by atoms with Crippen molar-refractivity contribution in [3.63, 3.8) is 0 Å². The van der Waals surface area contributed by atoms with E-state index < -0.39 is 0 Å². The van der Waals surface area contributed by atoms with E-state index in [4.69, 9.17) is 4.42 Å². The first kappa shape index (κ1) is 12.0. The van der Waals surface area contributed by atoms with Gasteiger partial charge in [-0.1, -0.05) is 0 Å². The highest BCUT2D eigenvalue weighted by atomic mass is 32.1. The van der Waals surface area contributed by atoms with Crippen LogP contribution in [0.4, 0.5) is 0 Å². The first-order valence-corrected chi connectivity index (χ1v) is 7.50. The average molecular weight is 261 g/mol. The van der Waals surface area contributed by atoms with Gasteiger partial charge in [-0.2, -0.15) is 0 Å². The van der Waals surface area contributed by atoms with Gasteiger partial charge in [0.2, 0.25) is 0 Å².